The summed E-state index contributed by atoms with van der Waals surface area (Å²) in [7, 11) is 0. The lowest BCUT2D eigenvalue weighted by atomic mass is 10.0. The molecule has 46 heavy (non-hydrogen) atoms. The number of carboxylic acids is 1. The summed E-state index contributed by atoms with van der Waals surface area (Å²) in [6.07, 6.45) is 3.74. The van der Waals surface area contributed by atoms with Gasteiger partial charge in [0.05, 0.1) is 23.7 Å². The van der Waals surface area contributed by atoms with E-state index in [1.165, 1.54) is 40.9 Å². The first kappa shape index (κ1) is 31.5. The Morgan fingerprint density at radius 3 is 2.57 bits per heavy atom. The number of ether oxygens (including phenoxy) is 2. The summed E-state index contributed by atoms with van der Waals surface area (Å²) >= 11 is 6.73. The summed E-state index contributed by atoms with van der Waals surface area (Å²) < 4.78 is 12.1. The van der Waals surface area contributed by atoms with Gasteiger partial charge in [0.25, 0.3) is 5.91 Å². The third-order valence-corrected chi connectivity index (χ3v) is 9.18. The number of aromatic nitrogens is 1. The Bertz CT molecular complexity index is 1810. The molecule has 1 aromatic heterocycles. The number of hydrogen-bond acceptors (Lipinski definition) is 8. The largest absolute Gasteiger partial charge is 0.492 e. The maximum Gasteiger partial charge on any atom is 0.335 e. The van der Waals surface area contributed by atoms with E-state index in [1.807, 2.05) is 42.6 Å². The van der Waals surface area contributed by atoms with Crippen LogP contribution in [-0.2, 0) is 14.3 Å². The molecule has 3 heterocycles. The van der Waals surface area contributed by atoms with E-state index in [9.17, 15) is 14.4 Å². The summed E-state index contributed by atoms with van der Waals surface area (Å²) in [5, 5.41) is 12.9. The average molecular weight is 657 g/mol. The molecule has 3 aromatic carbocycles. The summed E-state index contributed by atoms with van der Waals surface area (Å²) in [4.78, 5) is 44.6. The monoisotopic (exact) mass is 656 g/mol. The Balaban J connectivity index is 1.17. The van der Waals surface area contributed by atoms with Crippen LogP contribution in [0.2, 0.25) is 0 Å². The molecule has 236 valence electrons. The predicted octanol–water partition coefficient (Wildman–Crippen LogP) is 5.47. The fraction of sp³-hybridized carbons (Fsp3) is 0.235. The number of nitrogens with one attached hydrogen (secondary N) is 2. The van der Waals surface area contributed by atoms with Gasteiger partial charge in [0, 0.05) is 55.6 Å². The van der Waals surface area contributed by atoms with Crippen molar-refractivity contribution in [2.24, 2.45) is 0 Å². The molecule has 6 rings (SSSR count). The third-order valence-electron chi connectivity index (χ3n) is 7.80. The van der Waals surface area contributed by atoms with E-state index in [0.717, 1.165) is 60.4 Å². The standard InChI is InChI=1S/C34H32N4O6S2/c39-31(36-27-5-1-22(2-6-27)33(41)42)10-12-38-32(40)30(46-34(38)45)21-26-20-24(23-3-7-28-25(19-23)9-11-35-28)4-8-29(26)44-18-15-37-13-16-43-17-14-37/h1-9,11,19-21,35H,10,12-18H2,(H,36,39)(H,41,42). The Morgan fingerprint density at radius 1 is 1.02 bits per heavy atom. The first-order chi connectivity index (χ1) is 22.3. The number of aromatic carboxylic acids is 1. The van der Waals surface area contributed by atoms with Crippen LogP contribution in [0.25, 0.3) is 28.1 Å². The maximum atomic E-state index is 13.5. The van der Waals surface area contributed by atoms with Crippen molar-refractivity contribution < 1.29 is 29.0 Å². The van der Waals surface area contributed by atoms with E-state index in [0.29, 0.717) is 27.3 Å². The number of fused-ring (bicyclic) bond motifs is 1. The Morgan fingerprint density at radius 2 is 1.78 bits per heavy atom. The van der Waals surface area contributed by atoms with Crippen molar-refractivity contribution in [3.8, 4) is 16.9 Å². The molecule has 12 heteroatoms. The second-order valence-corrected chi connectivity index (χ2v) is 12.5. The number of rotatable bonds is 11. The second-order valence-electron chi connectivity index (χ2n) is 10.8. The molecule has 0 atom stereocenters. The van der Waals surface area contributed by atoms with Crippen molar-refractivity contribution in [2.45, 2.75) is 6.42 Å². The van der Waals surface area contributed by atoms with Crippen LogP contribution in [0.15, 0.2) is 77.8 Å². The smallest absolute Gasteiger partial charge is 0.335 e. The lowest BCUT2D eigenvalue weighted by Crippen LogP contribution is -2.38. The molecule has 2 aliphatic heterocycles. The fourth-order valence-electron chi connectivity index (χ4n) is 5.28. The number of carbonyl (C=O) groups is 3. The fourth-order valence-corrected chi connectivity index (χ4v) is 6.58. The van der Waals surface area contributed by atoms with Crippen LogP contribution in [0.4, 0.5) is 5.69 Å². The quantitative estimate of drug-likeness (QED) is 0.142. The zero-order valence-corrected chi connectivity index (χ0v) is 26.5. The minimum atomic E-state index is -1.04. The van der Waals surface area contributed by atoms with Crippen LogP contribution in [-0.4, -0.2) is 88.0 Å². The predicted molar refractivity (Wildman–Crippen MR) is 183 cm³/mol. The van der Waals surface area contributed by atoms with Crippen LogP contribution in [0.3, 0.4) is 0 Å². The molecule has 0 radical (unpaired) electrons. The molecular weight excluding hydrogens is 625 g/mol. The van der Waals surface area contributed by atoms with Crippen LogP contribution in [0, 0.1) is 0 Å². The number of H-pyrrole nitrogens is 1. The summed E-state index contributed by atoms with van der Waals surface area (Å²) in [6.45, 7) is 4.54. The Hall–Kier alpha value is -4.49. The number of nitrogens with zero attached hydrogens (tertiary/aromatic N) is 2. The highest BCUT2D eigenvalue weighted by atomic mass is 32.2. The van der Waals surface area contributed by atoms with Gasteiger partial charge in [0.2, 0.25) is 5.91 Å². The van der Waals surface area contributed by atoms with E-state index in [2.05, 4.69) is 27.3 Å². The topological polar surface area (TPSA) is 124 Å². The highest BCUT2D eigenvalue weighted by molar-refractivity contribution is 8.26. The van der Waals surface area contributed by atoms with E-state index in [4.69, 9.17) is 26.8 Å². The number of benzene rings is 3. The zero-order chi connectivity index (χ0) is 32.0. The van der Waals surface area contributed by atoms with Gasteiger partial charge in [-0.05, 0) is 77.2 Å². The lowest BCUT2D eigenvalue weighted by molar-refractivity contribution is -0.122. The van der Waals surface area contributed by atoms with Crippen molar-refractivity contribution >= 4 is 68.8 Å². The van der Waals surface area contributed by atoms with Crippen LogP contribution in [0.1, 0.15) is 22.3 Å². The molecule has 3 N–H and O–H groups in total. The highest BCUT2D eigenvalue weighted by Gasteiger charge is 2.32. The first-order valence-corrected chi connectivity index (χ1v) is 16.1. The molecule has 0 saturated carbocycles. The number of carbonyl (C=O) groups excluding carboxylic acids is 2. The number of hydrogen-bond donors (Lipinski definition) is 3. The van der Waals surface area contributed by atoms with E-state index in [-0.39, 0.29) is 30.3 Å². The van der Waals surface area contributed by atoms with Gasteiger partial charge in [-0.1, -0.05) is 36.1 Å². The lowest BCUT2D eigenvalue weighted by Gasteiger charge is -2.26. The number of aromatic amines is 1. The number of amides is 2. The van der Waals surface area contributed by atoms with Crippen molar-refractivity contribution in [1.29, 1.82) is 0 Å². The Labute approximate surface area is 275 Å². The molecule has 0 spiro atoms. The second kappa shape index (κ2) is 14.3. The molecule has 0 aliphatic carbocycles. The van der Waals surface area contributed by atoms with Crippen molar-refractivity contribution in [1.82, 2.24) is 14.8 Å². The van der Waals surface area contributed by atoms with Crippen molar-refractivity contribution in [3.63, 3.8) is 0 Å². The third kappa shape index (κ3) is 7.48. The molecular formula is C34H32N4O6S2. The van der Waals surface area contributed by atoms with Gasteiger partial charge < -0.3 is 24.9 Å². The van der Waals surface area contributed by atoms with Crippen LogP contribution < -0.4 is 10.1 Å². The number of morpholine rings is 1. The number of carboxylic acid groups (broad SMARTS) is 1. The molecule has 2 aliphatic rings. The average Bonchev–Trinajstić information content (AvgIpc) is 3.64. The van der Waals surface area contributed by atoms with Gasteiger partial charge in [-0.15, -0.1) is 0 Å². The number of thioether (sulfide) groups is 1. The first-order valence-electron chi connectivity index (χ1n) is 14.9. The van der Waals surface area contributed by atoms with Crippen molar-refractivity contribution in [2.75, 3.05) is 51.3 Å². The SMILES string of the molecule is O=C(CCN1C(=O)C(=Cc2cc(-c3ccc4[nH]ccc4c3)ccc2OCCN2CCOCC2)SC1=S)Nc1ccc(C(=O)O)cc1. The van der Waals surface area contributed by atoms with Crippen LogP contribution in [0.5, 0.6) is 5.75 Å². The van der Waals surface area contributed by atoms with Gasteiger partial charge in [0.1, 0.15) is 16.7 Å². The summed E-state index contributed by atoms with van der Waals surface area (Å²) in [6, 6.07) is 20.1. The van der Waals surface area contributed by atoms with E-state index >= 15 is 0 Å². The molecule has 2 fully saturated rings. The van der Waals surface area contributed by atoms with Crippen molar-refractivity contribution in [3.05, 3.63) is 89.0 Å². The Kier molecular flexibility index (Phi) is 9.79. The van der Waals surface area contributed by atoms with Gasteiger partial charge >= 0.3 is 5.97 Å². The molecule has 0 unspecified atom stereocenters. The zero-order valence-electron chi connectivity index (χ0n) is 24.9. The van der Waals surface area contributed by atoms with Gasteiger partial charge in [-0.2, -0.15) is 0 Å². The maximum absolute atomic E-state index is 13.5. The van der Waals surface area contributed by atoms with E-state index in [1.54, 1.807) is 0 Å². The minimum Gasteiger partial charge on any atom is -0.492 e. The summed E-state index contributed by atoms with van der Waals surface area (Å²) in [5.41, 5.74) is 4.44. The summed E-state index contributed by atoms with van der Waals surface area (Å²) in [5.74, 6) is -0.966. The van der Waals surface area contributed by atoms with Gasteiger partial charge in [-0.3, -0.25) is 19.4 Å². The molecule has 2 amide bonds. The van der Waals surface area contributed by atoms with Gasteiger partial charge in [-0.25, -0.2) is 4.79 Å². The molecule has 10 nitrogen and oxygen atoms in total. The van der Waals surface area contributed by atoms with E-state index < -0.39 is 5.97 Å². The molecule has 2 saturated heterocycles. The minimum absolute atomic E-state index is 0.0213. The van der Waals surface area contributed by atoms with Crippen LogP contribution >= 0.6 is 24.0 Å². The normalized spacial score (nSPS) is 16.3. The molecule has 4 aromatic rings. The number of anilines is 1. The van der Waals surface area contributed by atoms with Gasteiger partial charge in [0.15, 0.2) is 0 Å². The number of thiocarbonyl (C=S) groups is 1. The highest BCUT2D eigenvalue weighted by Crippen LogP contribution is 2.36. The molecule has 0 bridgehead atoms.